The number of hydrogen-bond donors (Lipinski definition) is 1. The molecule has 1 rings (SSSR count). The fourth-order valence-electron chi connectivity index (χ4n) is 2.72. The van der Waals surface area contributed by atoms with E-state index in [0.717, 1.165) is 38.8 Å². The molecule has 3 heteroatoms. The van der Waals surface area contributed by atoms with E-state index in [0.29, 0.717) is 11.6 Å². The molecule has 1 aliphatic rings. The smallest absolute Gasteiger partial charge is 0.0593 e. The fourth-order valence-corrected chi connectivity index (χ4v) is 2.72. The summed E-state index contributed by atoms with van der Waals surface area (Å²) in [7, 11) is 0. The third-order valence-electron chi connectivity index (χ3n) is 4.62. The van der Waals surface area contributed by atoms with Crippen molar-refractivity contribution in [1.29, 1.82) is 0 Å². The molecule has 1 fully saturated rings. The second-order valence-corrected chi connectivity index (χ2v) is 6.48. The highest BCUT2D eigenvalue weighted by Gasteiger charge is 2.34. The van der Waals surface area contributed by atoms with E-state index in [1.54, 1.807) is 0 Å². The van der Waals surface area contributed by atoms with Crippen molar-refractivity contribution >= 4 is 0 Å². The lowest BCUT2D eigenvalue weighted by molar-refractivity contribution is 0.0405. The molecule has 0 radical (unpaired) electrons. The average molecular weight is 270 g/mol. The molecule has 0 aromatic heterocycles. The Morgan fingerprint density at radius 2 is 1.95 bits per heavy atom. The van der Waals surface area contributed by atoms with Gasteiger partial charge in [0.1, 0.15) is 0 Å². The Morgan fingerprint density at radius 1 is 1.26 bits per heavy atom. The molecule has 1 N–H and O–H groups in total. The Kier molecular flexibility index (Phi) is 7.33. The van der Waals surface area contributed by atoms with Crippen LogP contribution >= 0.6 is 0 Å². The van der Waals surface area contributed by atoms with Crippen LogP contribution in [-0.4, -0.2) is 49.3 Å². The van der Waals surface area contributed by atoms with E-state index in [1.165, 1.54) is 19.3 Å². The maximum Gasteiger partial charge on any atom is 0.0593 e. The molecule has 1 heterocycles. The van der Waals surface area contributed by atoms with Gasteiger partial charge < -0.3 is 10.1 Å². The minimum Gasteiger partial charge on any atom is -0.380 e. The predicted octanol–water partition coefficient (Wildman–Crippen LogP) is 2.90. The lowest BCUT2D eigenvalue weighted by atomic mass is 9.89. The molecule has 0 amide bonds. The number of hydrogen-bond acceptors (Lipinski definition) is 3. The summed E-state index contributed by atoms with van der Waals surface area (Å²) in [6.45, 7) is 16.5. The van der Waals surface area contributed by atoms with Crippen molar-refractivity contribution in [2.75, 3.05) is 32.8 Å². The molecule has 0 aromatic rings. The van der Waals surface area contributed by atoms with Crippen LogP contribution in [0.2, 0.25) is 0 Å². The average Bonchev–Trinajstić information content (AvgIpc) is 2.40. The molecule has 3 nitrogen and oxygen atoms in total. The van der Waals surface area contributed by atoms with Crippen LogP contribution < -0.4 is 5.32 Å². The van der Waals surface area contributed by atoms with Crippen LogP contribution in [0.15, 0.2) is 0 Å². The van der Waals surface area contributed by atoms with E-state index in [9.17, 15) is 0 Å². The first-order valence-electron chi connectivity index (χ1n) is 8.09. The summed E-state index contributed by atoms with van der Waals surface area (Å²) in [4.78, 5) is 2.60. The first-order chi connectivity index (χ1) is 9.03. The Bertz CT molecular complexity index is 239. The minimum absolute atomic E-state index is 0.324. The van der Waals surface area contributed by atoms with Gasteiger partial charge in [-0.1, -0.05) is 27.7 Å². The molecule has 0 aromatic carbocycles. The summed E-state index contributed by atoms with van der Waals surface area (Å²) >= 11 is 0. The standard InChI is InChI=1S/C16H34N2O/c1-6-16(7-2)13-18(15(5)12-17-16)9-11-19-10-8-14(3)4/h14-15,17H,6-13H2,1-5H3. The van der Waals surface area contributed by atoms with Crippen LogP contribution in [0.5, 0.6) is 0 Å². The summed E-state index contributed by atoms with van der Waals surface area (Å²) in [5.74, 6) is 0.742. The van der Waals surface area contributed by atoms with Crippen LogP contribution in [0, 0.1) is 5.92 Å². The van der Waals surface area contributed by atoms with Crippen LogP contribution in [0.25, 0.3) is 0 Å². The molecule has 1 unspecified atom stereocenters. The molecule has 1 saturated heterocycles. The maximum absolute atomic E-state index is 5.77. The first-order valence-corrected chi connectivity index (χ1v) is 8.09. The number of rotatable bonds is 8. The molecule has 1 aliphatic heterocycles. The van der Waals surface area contributed by atoms with Gasteiger partial charge in [0, 0.05) is 37.8 Å². The molecule has 19 heavy (non-hydrogen) atoms. The van der Waals surface area contributed by atoms with Gasteiger partial charge in [-0.2, -0.15) is 0 Å². The zero-order chi connectivity index (χ0) is 14.3. The molecular weight excluding hydrogens is 236 g/mol. The molecule has 1 atom stereocenters. The highest BCUT2D eigenvalue weighted by atomic mass is 16.5. The fraction of sp³-hybridized carbons (Fsp3) is 1.00. The summed E-state index contributed by atoms with van der Waals surface area (Å²) < 4.78 is 5.77. The van der Waals surface area contributed by atoms with Crippen molar-refractivity contribution in [3.8, 4) is 0 Å². The number of nitrogens with zero attached hydrogens (tertiary/aromatic N) is 1. The van der Waals surface area contributed by atoms with Gasteiger partial charge in [-0.25, -0.2) is 0 Å². The SMILES string of the molecule is CCC1(CC)CN(CCOCCC(C)C)C(C)CN1. The van der Waals surface area contributed by atoms with Crippen molar-refractivity contribution in [1.82, 2.24) is 10.2 Å². The molecule has 0 aliphatic carbocycles. The van der Waals surface area contributed by atoms with Crippen molar-refractivity contribution in [2.24, 2.45) is 5.92 Å². The molecule has 114 valence electrons. The molecule has 0 bridgehead atoms. The van der Waals surface area contributed by atoms with Gasteiger partial charge in [0.2, 0.25) is 0 Å². The van der Waals surface area contributed by atoms with Gasteiger partial charge in [0.15, 0.2) is 0 Å². The van der Waals surface area contributed by atoms with E-state index in [2.05, 4.69) is 44.8 Å². The number of ether oxygens (including phenoxy) is 1. The monoisotopic (exact) mass is 270 g/mol. The van der Waals surface area contributed by atoms with E-state index in [1.807, 2.05) is 0 Å². The number of nitrogens with one attached hydrogen (secondary N) is 1. The second kappa shape index (κ2) is 8.23. The molecule has 0 saturated carbocycles. The van der Waals surface area contributed by atoms with E-state index < -0.39 is 0 Å². The third-order valence-corrected chi connectivity index (χ3v) is 4.62. The minimum atomic E-state index is 0.324. The highest BCUT2D eigenvalue weighted by Crippen LogP contribution is 2.22. The van der Waals surface area contributed by atoms with Crippen LogP contribution in [-0.2, 0) is 4.74 Å². The maximum atomic E-state index is 5.77. The Labute approximate surface area is 120 Å². The Hall–Kier alpha value is -0.120. The van der Waals surface area contributed by atoms with Gasteiger partial charge >= 0.3 is 0 Å². The molecular formula is C16H34N2O. The van der Waals surface area contributed by atoms with Gasteiger partial charge in [-0.15, -0.1) is 0 Å². The van der Waals surface area contributed by atoms with E-state index in [-0.39, 0.29) is 0 Å². The zero-order valence-electron chi connectivity index (χ0n) is 13.7. The summed E-state index contributed by atoms with van der Waals surface area (Å²) in [6, 6.07) is 0.625. The molecule has 0 spiro atoms. The quantitative estimate of drug-likeness (QED) is 0.686. The Balaban J connectivity index is 2.30. The highest BCUT2D eigenvalue weighted by molar-refractivity contribution is 4.95. The predicted molar refractivity (Wildman–Crippen MR) is 82.6 cm³/mol. The lowest BCUT2D eigenvalue weighted by Crippen LogP contribution is -2.63. The summed E-state index contributed by atoms with van der Waals surface area (Å²) in [5.41, 5.74) is 0.324. The van der Waals surface area contributed by atoms with E-state index >= 15 is 0 Å². The van der Waals surface area contributed by atoms with Crippen molar-refractivity contribution in [3.63, 3.8) is 0 Å². The third kappa shape index (κ3) is 5.41. The van der Waals surface area contributed by atoms with Crippen molar-refractivity contribution in [3.05, 3.63) is 0 Å². The van der Waals surface area contributed by atoms with Crippen LogP contribution in [0.3, 0.4) is 0 Å². The lowest BCUT2D eigenvalue weighted by Gasteiger charge is -2.46. The van der Waals surface area contributed by atoms with Gasteiger partial charge in [0.05, 0.1) is 6.61 Å². The van der Waals surface area contributed by atoms with Gasteiger partial charge in [0.25, 0.3) is 0 Å². The summed E-state index contributed by atoms with van der Waals surface area (Å²) in [5, 5.41) is 3.75. The van der Waals surface area contributed by atoms with Crippen LogP contribution in [0.4, 0.5) is 0 Å². The van der Waals surface area contributed by atoms with Crippen molar-refractivity contribution in [2.45, 2.75) is 65.5 Å². The number of piperazine rings is 1. The zero-order valence-corrected chi connectivity index (χ0v) is 13.7. The Morgan fingerprint density at radius 3 is 2.53 bits per heavy atom. The van der Waals surface area contributed by atoms with Crippen LogP contribution in [0.1, 0.15) is 53.9 Å². The summed E-state index contributed by atoms with van der Waals surface area (Å²) in [6.07, 6.45) is 3.59. The topological polar surface area (TPSA) is 24.5 Å². The largest absolute Gasteiger partial charge is 0.380 e. The van der Waals surface area contributed by atoms with Crippen molar-refractivity contribution < 1.29 is 4.74 Å². The normalized spacial score (nSPS) is 24.0. The van der Waals surface area contributed by atoms with Gasteiger partial charge in [-0.3, -0.25) is 4.90 Å². The first kappa shape index (κ1) is 16.9. The second-order valence-electron chi connectivity index (χ2n) is 6.48. The van der Waals surface area contributed by atoms with E-state index in [4.69, 9.17) is 4.74 Å². The van der Waals surface area contributed by atoms with Gasteiger partial charge in [-0.05, 0) is 32.1 Å².